The second-order valence-electron chi connectivity index (χ2n) is 4.38. The first-order valence-electron chi connectivity index (χ1n) is 6.16. The van der Waals surface area contributed by atoms with Crippen molar-refractivity contribution in [3.63, 3.8) is 0 Å². The van der Waals surface area contributed by atoms with E-state index in [9.17, 15) is 13.2 Å². The van der Waals surface area contributed by atoms with Crippen molar-refractivity contribution in [2.45, 2.75) is 4.90 Å². The number of sulfonamides is 1. The minimum Gasteiger partial charge on any atom is -0.486 e. The van der Waals surface area contributed by atoms with E-state index < -0.39 is 15.9 Å². The molecule has 0 atom stereocenters. The van der Waals surface area contributed by atoms with Crippen molar-refractivity contribution in [2.75, 3.05) is 13.2 Å². The monoisotopic (exact) mass is 403 g/mol. The van der Waals surface area contributed by atoms with Crippen LogP contribution in [-0.2, 0) is 10.0 Å². The second kappa shape index (κ2) is 5.90. The number of hydrogen-bond acceptors (Lipinski definition) is 6. The van der Waals surface area contributed by atoms with Crippen LogP contribution in [0.3, 0.4) is 0 Å². The van der Waals surface area contributed by atoms with E-state index >= 15 is 0 Å². The molecule has 3 rings (SSSR count). The zero-order valence-corrected chi connectivity index (χ0v) is 14.3. The Labute approximate surface area is 139 Å². The van der Waals surface area contributed by atoms with E-state index in [1.54, 1.807) is 11.4 Å². The van der Waals surface area contributed by atoms with Gasteiger partial charge in [0.15, 0.2) is 11.5 Å². The minimum absolute atomic E-state index is 0.0561. The Morgan fingerprint density at radius 3 is 2.59 bits per heavy atom. The molecule has 9 heteroatoms. The van der Waals surface area contributed by atoms with E-state index in [-0.39, 0.29) is 10.5 Å². The minimum atomic E-state index is -3.98. The van der Waals surface area contributed by atoms with Crippen LogP contribution in [0.15, 0.2) is 38.3 Å². The van der Waals surface area contributed by atoms with Crippen molar-refractivity contribution >= 4 is 43.2 Å². The second-order valence-corrected chi connectivity index (χ2v) is 8.35. The molecule has 1 aromatic carbocycles. The Hall–Kier alpha value is -1.58. The zero-order chi connectivity index (χ0) is 15.7. The summed E-state index contributed by atoms with van der Waals surface area (Å²) in [4.78, 5) is 11.9. The molecule has 1 aliphatic heterocycles. The van der Waals surface area contributed by atoms with Gasteiger partial charge in [0, 0.05) is 11.4 Å². The molecular weight excluding hydrogens is 394 g/mol. The Morgan fingerprint density at radius 1 is 1.18 bits per heavy atom. The first-order chi connectivity index (χ1) is 10.5. The van der Waals surface area contributed by atoms with Gasteiger partial charge in [-0.25, -0.2) is 13.1 Å². The van der Waals surface area contributed by atoms with Crippen molar-refractivity contribution < 1.29 is 22.7 Å². The van der Waals surface area contributed by atoms with Gasteiger partial charge in [-0.1, -0.05) is 0 Å². The molecule has 2 aromatic rings. The van der Waals surface area contributed by atoms with Crippen LogP contribution in [0, 0.1) is 0 Å². The summed E-state index contributed by atoms with van der Waals surface area (Å²) in [5, 5.41) is 1.57. The number of carbonyl (C=O) groups excluding carboxylic acids is 1. The largest absolute Gasteiger partial charge is 0.486 e. The van der Waals surface area contributed by atoms with Gasteiger partial charge in [-0.3, -0.25) is 4.79 Å². The molecule has 0 fully saturated rings. The van der Waals surface area contributed by atoms with Crippen molar-refractivity contribution in [2.24, 2.45) is 0 Å². The molecule has 116 valence electrons. The number of halogens is 1. The Morgan fingerprint density at radius 2 is 1.91 bits per heavy atom. The fourth-order valence-corrected chi connectivity index (χ4v) is 3.99. The Kier molecular flexibility index (Phi) is 4.11. The van der Waals surface area contributed by atoms with Crippen molar-refractivity contribution in [3.8, 4) is 11.5 Å². The summed E-state index contributed by atoms with van der Waals surface area (Å²) in [6.45, 7) is 0.772. The SMILES string of the molecule is O=C(NS(=O)(=O)c1ccc2c(c1)OCCO2)c1csc(Br)c1. The highest BCUT2D eigenvalue weighted by molar-refractivity contribution is 9.11. The number of rotatable bonds is 3. The van der Waals surface area contributed by atoms with Crippen LogP contribution in [0.5, 0.6) is 11.5 Å². The topological polar surface area (TPSA) is 81.7 Å². The van der Waals surface area contributed by atoms with Gasteiger partial charge in [0.05, 0.1) is 14.2 Å². The third-order valence-corrected chi connectivity index (χ3v) is 5.71. The van der Waals surface area contributed by atoms with Gasteiger partial charge in [-0.05, 0) is 34.1 Å². The highest BCUT2D eigenvalue weighted by Crippen LogP contribution is 2.32. The predicted molar refractivity (Wildman–Crippen MR) is 84.1 cm³/mol. The molecule has 6 nitrogen and oxygen atoms in total. The van der Waals surface area contributed by atoms with Gasteiger partial charge in [0.2, 0.25) is 0 Å². The van der Waals surface area contributed by atoms with Gasteiger partial charge in [0.25, 0.3) is 15.9 Å². The molecule has 2 heterocycles. The highest BCUT2D eigenvalue weighted by atomic mass is 79.9. The normalized spacial score (nSPS) is 13.7. The number of amides is 1. The molecule has 1 amide bonds. The number of benzene rings is 1. The van der Waals surface area contributed by atoms with Crippen LogP contribution >= 0.6 is 27.3 Å². The lowest BCUT2D eigenvalue weighted by atomic mass is 10.3. The number of fused-ring (bicyclic) bond motifs is 1. The van der Waals surface area contributed by atoms with Crippen LogP contribution in [0.1, 0.15) is 10.4 Å². The molecule has 0 aliphatic carbocycles. The maximum Gasteiger partial charge on any atom is 0.265 e. The van der Waals surface area contributed by atoms with Gasteiger partial charge in [-0.2, -0.15) is 0 Å². The van der Waals surface area contributed by atoms with Crippen LogP contribution in [0.4, 0.5) is 0 Å². The van der Waals surface area contributed by atoms with Crippen molar-refractivity contribution in [3.05, 3.63) is 39.0 Å². The standard InChI is InChI=1S/C13H10BrNO5S2/c14-12-5-8(7-21-12)13(16)15-22(17,18)9-1-2-10-11(6-9)20-4-3-19-10/h1-2,5-7H,3-4H2,(H,15,16). The number of hydrogen-bond donors (Lipinski definition) is 1. The molecule has 0 bridgehead atoms. The number of nitrogens with one attached hydrogen (secondary N) is 1. The van der Waals surface area contributed by atoms with E-state index in [0.29, 0.717) is 24.7 Å². The third kappa shape index (κ3) is 3.11. The summed E-state index contributed by atoms with van der Waals surface area (Å²) in [5.74, 6) is 0.148. The zero-order valence-electron chi connectivity index (χ0n) is 11.0. The summed E-state index contributed by atoms with van der Waals surface area (Å²) >= 11 is 4.52. The summed E-state index contributed by atoms with van der Waals surface area (Å²) in [6, 6.07) is 5.77. The van der Waals surface area contributed by atoms with E-state index in [4.69, 9.17) is 9.47 Å². The molecule has 22 heavy (non-hydrogen) atoms. The number of thiophene rings is 1. The van der Waals surface area contributed by atoms with Crippen molar-refractivity contribution in [1.82, 2.24) is 4.72 Å². The predicted octanol–water partition coefficient (Wildman–Crippen LogP) is 2.40. The van der Waals surface area contributed by atoms with Crippen molar-refractivity contribution in [1.29, 1.82) is 0 Å². The molecule has 1 N–H and O–H groups in total. The van der Waals surface area contributed by atoms with E-state index in [0.717, 1.165) is 3.79 Å². The maximum absolute atomic E-state index is 12.3. The van der Waals surface area contributed by atoms with Crippen LogP contribution in [-0.4, -0.2) is 27.5 Å². The molecule has 0 saturated carbocycles. The van der Waals surface area contributed by atoms with Gasteiger partial charge >= 0.3 is 0 Å². The van der Waals surface area contributed by atoms with E-state index in [2.05, 4.69) is 15.9 Å². The number of ether oxygens (including phenoxy) is 2. The first kappa shape index (κ1) is 15.3. The summed E-state index contributed by atoms with van der Waals surface area (Å²) in [5.41, 5.74) is 0.276. The first-order valence-corrected chi connectivity index (χ1v) is 9.32. The van der Waals surface area contributed by atoms with E-state index in [1.807, 2.05) is 4.72 Å². The Balaban J connectivity index is 1.85. The van der Waals surface area contributed by atoms with Gasteiger partial charge < -0.3 is 9.47 Å². The lowest BCUT2D eigenvalue weighted by molar-refractivity contribution is 0.0982. The lowest BCUT2D eigenvalue weighted by Crippen LogP contribution is -2.30. The summed E-state index contributed by atoms with van der Waals surface area (Å²) < 4.78 is 38.0. The molecule has 0 radical (unpaired) electrons. The van der Waals surface area contributed by atoms with Crippen LogP contribution in [0.25, 0.3) is 0 Å². The fraction of sp³-hybridized carbons (Fsp3) is 0.154. The third-order valence-electron chi connectivity index (χ3n) is 2.88. The molecule has 1 aliphatic rings. The number of carbonyl (C=O) groups is 1. The quantitative estimate of drug-likeness (QED) is 0.850. The highest BCUT2D eigenvalue weighted by Gasteiger charge is 2.22. The fourth-order valence-electron chi connectivity index (χ4n) is 1.86. The maximum atomic E-state index is 12.3. The lowest BCUT2D eigenvalue weighted by Gasteiger charge is -2.18. The average Bonchev–Trinajstić information content (AvgIpc) is 2.93. The molecular formula is C13H10BrNO5S2. The molecule has 0 saturated heterocycles. The summed E-state index contributed by atoms with van der Waals surface area (Å²) in [6.07, 6.45) is 0. The Bertz CT molecular complexity index is 831. The molecule has 0 unspecified atom stereocenters. The average molecular weight is 404 g/mol. The van der Waals surface area contributed by atoms with E-state index in [1.165, 1.54) is 29.5 Å². The molecule has 0 spiro atoms. The molecule has 1 aromatic heterocycles. The van der Waals surface area contributed by atoms with Crippen LogP contribution in [0.2, 0.25) is 0 Å². The smallest absolute Gasteiger partial charge is 0.265 e. The van der Waals surface area contributed by atoms with Gasteiger partial charge in [-0.15, -0.1) is 11.3 Å². The van der Waals surface area contributed by atoms with Gasteiger partial charge in [0.1, 0.15) is 13.2 Å². The van der Waals surface area contributed by atoms with Crippen LogP contribution < -0.4 is 14.2 Å². The summed E-state index contributed by atoms with van der Waals surface area (Å²) in [7, 11) is -3.98.